The number of amides is 1. The molecule has 118 valence electrons. The highest BCUT2D eigenvalue weighted by Crippen LogP contribution is 2.34. The summed E-state index contributed by atoms with van der Waals surface area (Å²) in [6.45, 7) is 2.74. The van der Waals surface area contributed by atoms with Crippen molar-refractivity contribution >= 4 is 24.0 Å². The van der Waals surface area contributed by atoms with E-state index in [0.29, 0.717) is 19.7 Å². The van der Waals surface area contributed by atoms with Gasteiger partial charge in [-0.25, -0.2) is 0 Å². The number of nitrogens with one attached hydrogen (secondary N) is 2. The molecule has 1 unspecified atom stereocenters. The Morgan fingerprint density at radius 1 is 1.43 bits per heavy atom. The molecule has 0 bridgehead atoms. The van der Waals surface area contributed by atoms with E-state index in [0.717, 1.165) is 6.07 Å². The maximum absolute atomic E-state index is 12.8. The van der Waals surface area contributed by atoms with Crippen LogP contribution < -0.4 is 10.6 Å². The van der Waals surface area contributed by atoms with Crippen LogP contribution in [0.2, 0.25) is 0 Å². The first kappa shape index (κ1) is 17.7. The summed E-state index contributed by atoms with van der Waals surface area (Å²) in [4.78, 5) is 11.9. The molecule has 0 saturated carbocycles. The van der Waals surface area contributed by atoms with Gasteiger partial charge in [0.05, 0.1) is 12.2 Å². The highest BCUT2D eigenvalue weighted by atomic mass is 35.5. The van der Waals surface area contributed by atoms with E-state index in [9.17, 15) is 18.0 Å². The monoisotopic (exact) mass is 324 g/mol. The van der Waals surface area contributed by atoms with Gasteiger partial charge in [-0.2, -0.15) is 13.2 Å². The van der Waals surface area contributed by atoms with Crippen molar-refractivity contribution in [3.05, 3.63) is 29.3 Å². The van der Waals surface area contributed by atoms with Crippen LogP contribution in [0.1, 0.15) is 11.1 Å². The Hall–Kier alpha value is -1.31. The topological polar surface area (TPSA) is 50.4 Å². The summed E-state index contributed by atoms with van der Waals surface area (Å²) < 4.78 is 43.6. The molecule has 0 spiro atoms. The number of hydrogen-bond acceptors (Lipinski definition) is 3. The van der Waals surface area contributed by atoms with Gasteiger partial charge in [-0.1, -0.05) is 6.07 Å². The maximum Gasteiger partial charge on any atom is 0.416 e. The van der Waals surface area contributed by atoms with Gasteiger partial charge in [-0.05, 0) is 24.6 Å². The molecule has 1 amide bonds. The van der Waals surface area contributed by atoms with Gasteiger partial charge in [0, 0.05) is 18.8 Å². The lowest BCUT2D eigenvalue weighted by Crippen LogP contribution is -2.45. The van der Waals surface area contributed by atoms with E-state index in [1.54, 1.807) is 0 Å². The lowest BCUT2D eigenvalue weighted by atomic mass is 10.1. The third-order valence-corrected chi connectivity index (χ3v) is 3.12. The fourth-order valence-electron chi connectivity index (χ4n) is 2.03. The molecule has 1 saturated heterocycles. The molecule has 1 fully saturated rings. The van der Waals surface area contributed by atoms with Crippen LogP contribution in [-0.2, 0) is 15.7 Å². The molecule has 1 aromatic carbocycles. The van der Waals surface area contributed by atoms with E-state index >= 15 is 0 Å². The number of hydrogen-bond donors (Lipinski definition) is 2. The van der Waals surface area contributed by atoms with E-state index in [1.165, 1.54) is 19.1 Å². The van der Waals surface area contributed by atoms with E-state index in [4.69, 9.17) is 4.74 Å². The first-order chi connectivity index (χ1) is 9.39. The number of benzene rings is 1. The molecule has 1 aliphatic rings. The van der Waals surface area contributed by atoms with Crippen LogP contribution in [0.25, 0.3) is 0 Å². The summed E-state index contributed by atoms with van der Waals surface area (Å²) >= 11 is 0. The Labute approximate surface area is 126 Å². The van der Waals surface area contributed by atoms with Crippen LogP contribution in [0.3, 0.4) is 0 Å². The van der Waals surface area contributed by atoms with Crippen LogP contribution >= 0.6 is 12.4 Å². The van der Waals surface area contributed by atoms with Gasteiger partial charge in [0.25, 0.3) is 5.91 Å². The number of halogens is 4. The zero-order valence-corrected chi connectivity index (χ0v) is 12.1. The molecule has 1 aromatic rings. The van der Waals surface area contributed by atoms with E-state index < -0.39 is 23.8 Å². The predicted molar refractivity (Wildman–Crippen MR) is 74.7 cm³/mol. The Balaban J connectivity index is 0.00000220. The van der Waals surface area contributed by atoms with Gasteiger partial charge in [0.2, 0.25) is 0 Å². The van der Waals surface area contributed by atoms with E-state index in [-0.39, 0.29) is 23.7 Å². The largest absolute Gasteiger partial charge is 0.416 e. The zero-order chi connectivity index (χ0) is 14.8. The standard InChI is InChI=1S/C13H15F3N2O2.ClH/c1-8-9(13(14,15)16)3-2-4-10(8)18-12(19)11-7-17-5-6-20-11;/h2-4,11,17H,5-7H2,1H3,(H,18,19);1H. The quantitative estimate of drug-likeness (QED) is 0.878. The average molecular weight is 325 g/mol. The Kier molecular flexibility index (Phi) is 6.00. The lowest BCUT2D eigenvalue weighted by Gasteiger charge is -2.23. The SMILES string of the molecule is Cc1c(NC(=O)C2CNCCO2)cccc1C(F)(F)F.Cl. The first-order valence-corrected chi connectivity index (χ1v) is 6.19. The predicted octanol–water partition coefficient (Wildman–Crippen LogP) is 2.36. The van der Waals surface area contributed by atoms with Gasteiger partial charge < -0.3 is 15.4 Å². The van der Waals surface area contributed by atoms with Crippen molar-refractivity contribution in [1.29, 1.82) is 0 Å². The average Bonchev–Trinajstić information content (AvgIpc) is 2.40. The second kappa shape index (κ2) is 7.11. The van der Waals surface area contributed by atoms with Crippen LogP contribution in [0.15, 0.2) is 18.2 Å². The van der Waals surface area contributed by atoms with Gasteiger partial charge in [-0.3, -0.25) is 4.79 Å². The number of anilines is 1. The normalized spacial score (nSPS) is 18.8. The second-order valence-corrected chi connectivity index (χ2v) is 4.53. The molecule has 8 heteroatoms. The second-order valence-electron chi connectivity index (χ2n) is 4.53. The number of alkyl halides is 3. The number of morpholine rings is 1. The van der Waals surface area contributed by atoms with Crippen molar-refractivity contribution in [1.82, 2.24) is 5.32 Å². The fraction of sp³-hybridized carbons (Fsp3) is 0.462. The van der Waals surface area contributed by atoms with Crippen molar-refractivity contribution in [2.75, 3.05) is 25.0 Å². The smallest absolute Gasteiger partial charge is 0.366 e. The Bertz CT molecular complexity index is 503. The van der Waals surface area contributed by atoms with E-state index in [1.807, 2.05) is 0 Å². The third kappa shape index (κ3) is 4.33. The highest BCUT2D eigenvalue weighted by molar-refractivity contribution is 5.95. The van der Waals surface area contributed by atoms with Crippen LogP contribution in [0.5, 0.6) is 0 Å². The molecule has 0 aromatic heterocycles. The van der Waals surface area contributed by atoms with Crippen molar-refractivity contribution in [2.24, 2.45) is 0 Å². The lowest BCUT2D eigenvalue weighted by molar-refractivity contribution is -0.138. The molecule has 0 aliphatic carbocycles. The molecule has 4 nitrogen and oxygen atoms in total. The van der Waals surface area contributed by atoms with Crippen LogP contribution in [0.4, 0.5) is 18.9 Å². The van der Waals surface area contributed by atoms with Crippen LogP contribution in [-0.4, -0.2) is 31.7 Å². The number of rotatable bonds is 2. The summed E-state index contributed by atoms with van der Waals surface area (Å²) in [5.41, 5.74) is -0.603. The summed E-state index contributed by atoms with van der Waals surface area (Å²) in [6.07, 6.45) is -5.12. The van der Waals surface area contributed by atoms with Crippen molar-refractivity contribution in [2.45, 2.75) is 19.2 Å². The maximum atomic E-state index is 12.8. The van der Waals surface area contributed by atoms with Gasteiger partial charge >= 0.3 is 6.18 Å². The van der Waals surface area contributed by atoms with Gasteiger partial charge in [0.15, 0.2) is 0 Å². The number of carbonyl (C=O) groups is 1. The molecule has 1 heterocycles. The van der Waals surface area contributed by atoms with Gasteiger partial charge in [-0.15, -0.1) is 12.4 Å². The molecule has 2 rings (SSSR count). The van der Waals surface area contributed by atoms with Gasteiger partial charge in [0.1, 0.15) is 6.10 Å². The number of ether oxygens (including phenoxy) is 1. The molecule has 1 aliphatic heterocycles. The summed E-state index contributed by atoms with van der Waals surface area (Å²) in [5, 5.41) is 5.47. The van der Waals surface area contributed by atoms with Crippen molar-refractivity contribution in [3.63, 3.8) is 0 Å². The summed E-state index contributed by atoms with van der Waals surface area (Å²) in [6, 6.07) is 3.70. The van der Waals surface area contributed by atoms with Crippen LogP contribution in [0, 0.1) is 6.92 Å². The summed E-state index contributed by atoms with van der Waals surface area (Å²) in [7, 11) is 0. The van der Waals surface area contributed by atoms with Crippen molar-refractivity contribution < 1.29 is 22.7 Å². The minimum absolute atomic E-state index is 0. The molecule has 2 N–H and O–H groups in total. The molecular weight excluding hydrogens is 309 g/mol. The minimum Gasteiger partial charge on any atom is -0.366 e. The van der Waals surface area contributed by atoms with Crippen molar-refractivity contribution in [3.8, 4) is 0 Å². The highest BCUT2D eigenvalue weighted by Gasteiger charge is 2.33. The molecule has 21 heavy (non-hydrogen) atoms. The number of carbonyl (C=O) groups excluding carboxylic acids is 1. The van der Waals surface area contributed by atoms with E-state index in [2.05, 4.69) is 10.6 Å². The third-order valence-electron chi connectivity index (χ3n) is 3.12. The fourth-order valence-corrected chi connectivity index (χ4v) is 2.03. The zero-order valence-electron chi connectivity index (χ0n) is 11.3. The first-order valence-electron chi connectivity index (χ1n) is 6.19. The molecular formula is C13H16ClF3N2O2. The minimum atomic E-state index is -4.44. The Morgan fingerprint density at radius 3 is 2.71 bits per heavy atom. The molecule has 0 radical (unpaired) electrons. The molecule has 1 atom stereocenters. The Morgan fingerprint density at radius 2 is 2.14 bits per heavy atom. The summed E-state index contributed by atoms with van der Waals surface area (Å²) in [5.74, 6) is -0.445.